The van der Waals surface area contributed by atoms with E-state index in [1.165, 1.54) is 5.56 Å². The third-order valence-corrected chi connectivity index (χ3v) is 9.07. The monoisotopic (exact) mass is 666 g/mol. The molecule has 7 rings (SSSR count). The van der Waals surface area contributed by atoms with Gasteiger partial charge in [-0.15, -0.1) is 0 Å². The standard InChI is InChI=1S/C38H46N6O5/c1-8-14-43(35(45)48-37(2,3)4)20-32-40-28-12-10-22-17-27-25-11-9-23(16-24(25)21-47-31(27)18-26(22)33(28)42-32)29-19-39-34(41-29)30-13-15-44(30)36(46)49-38(5,6)7/h9,11,16-19,30H,8,10,12-15,20-21H2,1-7H3,(H,39,41)(H,40,42). The Hall–Kier alpha value is -4.80. The first-order valence-electron chi connectivity index (χ1n) is 17.3. The summed E-state index contributed by atoms with van der Waals surface area (Å²) in [5.41, 5.74) is 8.47. The van der Waals surface area contributed by atoms with Crippen LogP contribution in [0.4, 0.5) is 9.59 Å². The Bertz CT molecular complexity index is 1910. The number of nitrogens with zero attached hydrogens (tertiary/aromatic N) is 4. The van der Waals surface area contributed by atoms with Gasteiger partial charge in [0, 0.05) is 29.9 Å². The van der Waals surface area contributed by atoms with Gasteiger partial charge in [-0.2, -0.15) is 0 Å². The first-order chi connectivity index (χ1) is 23.3. The van der Waals surface area contributed by atoms with E-state index in [2.05, 4.69) is 52.2 Å². The molecule has 2 amide bonds. The number of ether oxygens (including phenoxy) is 3. The van der Waals surface area contributed by atoms with Crippen molar-refractivity contribution >= 4 is 12.2 Å². The van der Waals surface area contributed by atoms with E-state index in [1.54, 1.807) is 9.80 Å². The lowest BCUT2D eigenvalue weighted by Crippen LogP contribution is -2.47. The summed E-state index contributed by atoms with van der Waals surface area (Å²) >= 11 is 0. The third-order valence-electron chi connectivity index (χ3n) is 9.07. The second-order valence-corrected chi connectivity index (χ2v) is 15.2. The molecule has 2 aliphatic heterocycles. The van der Waals surface area contributed by atoms with Crippen LogP contribution in [0.3, 0.4) is 0 Å². The van der Waals surface area contributed by atoms with Gasteiger partial charge in [0.05, 0.1) is 30.2 Å². The predicted molar refractivity (Wildman–Crippen MR) is 186 cm³/mol. The molecule has 0 bridgehead atoms. The van der Waals surface area contributed by atoms with Gasteiger partial charge in [-0.1, -0.05) is 19.1 Å². The molecule has 4 heterocycles. The molecule has 11 heteroatoms. The van der Waals surface area contributed by atoms with Crippen LogP contribution in [0, 0.1) is 0 Å². The van der Waals surface area contributed by atoms with E-state index in [1.807, 2.05) is 47.7 Å². The number of aromatic amines is 2. The molecule has 2 aromatic heterocycles. The van der Waals surface area contributed by atoms with E-state index < -0.39 is 11.2 Å². The molecular weight excluding hydrogens is 620 g/mol. The Morgan fingerprint density at radius 1 is 0.980 bits per heavy atom. The van der Waals surface area contributed by atoms with Gasteiger partial charge in [0.25, 0.3) is 0 Å². The van der Waals surface area contributed by atoms with E-state index in [0.717, 1.165) is 88.0 Å². The summed E-state index contributed by atoms with van der Waals surface area (Å²) in [7, 11) is 0. The summed E-state index contributed by atoms with van der Waals surface area (Å²) in [6.45, 7) is 15.4. The van der Waals surface area contributed by atoms with Gasteiger partial charge >= 0.3 is 12.2 Å². The second kappa shape index (κ2) is 12.3. The Morgan fingerprint density at radius 2 is 1.78 bits per heavy atom. The smallest absolute Gasteiger partial charge is 0.410 e. The maximum absolute atomic E-state index is 12.9. The fourth-order valence-electron chi connectivity index (χ4n) is 6.76. The summed E-state index contributed by atoms with van der Waals surface area (Å²) in [6.07, 6.45) is 4.59. The van der Waals surface area contributed by atoms with Gasteiger partial charge < -0.3 is 29.1 Å². The number of benzene rings is 2. The van der Waals surface area contributed by atoms with Gasteiger partial charge in [0.2, 0.25) is 0 Å². The molecule has 258 valence electrons. The molecule has 3 aliphatic rings. The van der Waals surface area contributed by atoms with Gasteiger partial charge in [-0.25, -0.2) is 19.6 Å². The van der Waals surface area contributed by atoms with Gasteiger partial charge in [-0.05, 0) is 108 Å². The lowest BCUT2D eigenvalue weighted by molar-refractivity contribution is -0.00726. The summed E-state index contributed by atoms with van der Waals surface area (Å²) in [6, 6.07) is 10.7. The first-order valence-corrected chi connectivity index (χ1v) is 17.3. The van der Waals surface area contributed by atoms with Crippen molar-refractivity contribution in [1.29, 1.82) is 0 Å². The second-order valence-electron chi connectivity index (χ2n) is 15.2. The molecule has 49 heavy (non-hydrogen) atoms. The van der Waals surface area contributed by atoms with Crippen molar-refractivity contribution < 1.29 is 23.8 Å². The van der Waals surface area contributed by atoms with E-state index in [0.29, 0.717) is 26.2 Å². The Kier molecular flexibility index (Phi) is 8.19. The van der Waals surface area contributed by atoms with Crippen molar-refractivity contribution in [2.24, 2.45) is 0 Å². The van der Waals surface area contributed by atoms with Gasteiger partial charge in [0.1, 0.15) is 35.2 Å². The van der Waals surface area contributed by atoms with Gasteiger partial charge in [-0.3, -0.25) is 4.90 Å². The van der Waals surface area contributed by atoms with Crippen LogP contribution in [0.1, 0.15) is 95.8 Å². The summed E-state index contributed by atoms with van der Waals surface area (Å²) < 4.78 is 17.6. The van der Waals surface area contributed by atoms with Crippen molar-refractivity contribution in [3.8, 4) is 39.4 Å². The number of aromatic nitrogens is 4. The van der Waals surface area contributed by atoms with Crippen LogP contribution in [0.15, 0.2) is 36.5 Å². The Labute approximate surface area is 287 Å². The number of amides is 2. The van der Waals surface area contributed by atoms with Crippen LogP contribution in [-0.4, -0.2) is 66.2 Å². The number of carbonyl (C=O) groups is 2. The number of H-pyrrole nitrogens is 2. The van der Waals surface area contributed by atoms with Crippen molar-refractivity contribution in [3.05, 3.63) is 65.0 Å². The maximum atomic E-state index is 12.9. The number of aryl methyl sites for hydroxylation is 2. The van der Waals surface area contributed by atoms with Crippen molar-refractivity contribution in [2.75, 3.05) is 13.1 Å². The molecule has 1 unspecified atom stereocenters. The minimum atomic E-state index is -0.561. The SMILES string of the molecule is CCCN(Cc1nc2c([nH]1)CCc1cc3c(cc1-2)OCc1cc(-c2cnc(C4CCN4C(=O)OC(C)(C)C)[nH]2)ccc1-3)C(=O)OC(C)(C)C. The minimum absolute atomic E-state index is 0.117. The third kappa shape index (κ3) is 6.63. The highest BCUT2D eigenvalue weighted by molar-refractivity contribution is 5.83. The van der Waals surface area contributed by atoms with Crippen LogP contribution in [0.25, 0.3) is 33.6 Å². The number of hydrogen-bond acceptors (Lipinski definition) is 7. The lowest BCUT2D eigenvalue weighted by Gasteiger charge is -2.40. The summed E-state index contributed by atoms with van der Waals surface area (Å²) in [5.74, 6) is 2.36. The number of rotatable bonds is 6. The number of imidazole rings is 2. The van der Waals surface area contributed by atoms with Crippen LogP contribution in [0.2, 0.25) is 0 Å². The van der Waals surface area contributed by atoms with Crippen molar-refractivity contribution in [3.63, 3.8) is 0 Å². The molecule has 2 N–H and O–H groups in total. The number of nitrogens with one attached hydrogen (secondary N) is 2. The van der Waals surface area contributed by atoms with E-state index in [9.17, 15) is 9.59 Å². The molecule has 11 nitrogen and oxygen atoms in total. The number of fused-ring (bicyclic) bond motifs is 6. The molecule has 0 saturated carbocycles. The Morgan fingerprint density at radius 3 is 2.49 bits per heavy atom. The number of hydrogen-bond donors (Lipinski definition) is 2. The number of likely N-dealkylation sites (tertiary alicyclic amines) is 1. The summed E-state index contributed by atoms with van der Waals surface area (Å²) in [4.78, 5) is 45.6. The molecule has 0 radical (unpaired) electrons. The lowest BCUT2D eigenvalue weighted by atomic mass is 9.86. The topological polar surface area (TPSA) is 126 Å². The molecule has 1 aliphatic carbocycles. The van der Waals surface area contributed by atoms with Gasteiger partial charge in [0.15, 0.2) is 0 Å². The molecule has 1 fully saturated rings. The fourth-order valence-corrected chi connectivity index (χ4v) is 6.76. The van der Waals surface area contributed by atoms with Crippen molar-refractivity contribution in [1.82, 2.24) is 29.7 Å². The highest BCUT2D eigenvalue weighted by Gasteiger charge is 2.38. The van der Waals surface area contributed by atoms with Crippen LogP contribution in [-0.2, 0) is 35.5 Å². The minimum Gasteiger partial charge on any atom is -0.488 e. The van der Waals surface area contributed by atoms with Crippen molar-refractivity contribution in [2.45, 2.75) is 105 Å². The van der Waals surface area contributed by atoms with E-state index in [4.69, 9.17) is 19.2 Å². The molecular formula is C38H46N6O5. The van der Waals surface area contributed by atoms with E-state index in [-0.39, 0.29) is 18.2 Å². The highest BCUT2D eigenvalue weighted by atomic mass is 16.6. The zero-order chi connectivity index (χ0) is 34.7. The maximum Gasteiger partial charge on any atom is 0.410 e. The number of carbonyl (C=O) groups excluding carboxylic acids is 2. The van der Waals surface area contributed by atoms with Crippen LogP contribution < -0.4 is 4.74 Å². The molecule has 4 aromatic rings. The van der Waals surface area contributed by atoms with Crippen LogP contribution in [0.5, 0.6) is 5.75 Å². The zero-order valence-electron chi connectivity index (χ0n) is 29.5. The molecule has 1 saturated heterocycles. The summed E-state index contributed by atoms with van der Waals surface area (Å²) in [5, 5.41) is 0. The quantitative estimate of drug-likeness (QED) is 0.214. The Balaban J connectivity index is 1.10. The average molecular weight is 667 g/mol. The average Bonchev–Trinajstić information content (AvgIpc) is 3.65. The highest BCUT2D eigenvalue weighted by Crippen LogP contribution is 2.45. The molecule has 0 spiro atoms. The fraction of sp³-hybridized carbons (Fsp3) is 0.474. The first kappa shape index (κ1) is 32.7. The zero-order valence-corrected chi connectivity index (χ0v) is 29.5. The van der Waals surface area contributed by atoms with E-state index >= 15 is 0 Å². The molecule has 2 aromatic carbocycles. The normalized spacial score (nSPS) is 16.4. The van der Waals surface area contributed by atoms with Crippen LogP contribution >= 0.6 is 0 Å². The largest absolute Gasteiger partial charge is 0.488 e. The molecule has 1 atom stereocenters. The predicted octanol–water partition coefficient (Wildman–Crippen LogP) is 7.95.